The minimum atomic E-state index is 0.137. The molecule has 1 aliphatic rings. The average Bonchev–Trinajstić information content (AvgIpc) is 2.91. The van der Waals surface area contributed by atoms with Gasteiger partial charge in [0.05, 0.1) is 29.1 Å². The molecule has 1 aromatic rings. The molecule has 5 heteroatoms. The number of nitrogens with one attached hydrogen (secondary N) is 1. The van der Waals surface area contributed by atoms with Crippen LogP contribution in [0.3, 0.4) is 0 Å². The van der Waals surface area contributed by atoms with Gasteiger partial charge in [-0.15, -0.1) is 0 Å². The number of hydrogen-bond donors (Lipinski definition) is 1. The second-order valence-corrected chi connectivity index (χ2v) is 4.42. The standard InChI is InChI=1S/C11H18ClN3O/c1-3-15-11(8(12)7-14-15)10(13-2)9-5-4-6-16-9/h7,9-10,13H,3-6H2,1-2H3. The van der Waals surface area contributed by atoms with Crippen LogP contribution in [0, 0.1) is 0 Å². The quantitative estimate of drug-likeness (QED) is 0.879. The van der Waals surface area contributed by atoms with Crippen LogP contribution in [-0.2, 0) is 11.3 Å². The molecule has 2 unspecified atom stereocenters. The van der Waals surface area contributed by atoms with Gasteiger partial charge >= 0.3 is 0 Å². The van der Waals surface area contributed by atoms with E-state index in [1.165, 1.54) is 0 Å². The number of aromatic nitrogens is 2. The topological polar surface area (TPSA) is 39.1 Å². The van der Waals surface area contributed by atoms with Crippen LogP contribution in [0.5, 0.6) is 0 Å². The predicted molar refractivity (Wildman–Crippen MR) is 63.7 cm³/mol. The van der Waals surface area contributed by atoms with Gasteiger partial charge in [-0.05, 0) is 26.8 Å². The molecule has 0 amide bonds. The minimum absolute atomic E-state index is 0.137. The number of likely N-dealkylation sites (N-methyl/N-ethyl adjacent to an activating group) is 1. The van der Waals surface area contributed by atoms with Crippen molar-refractivity contribution >= 4 is 11.6 Å². The maximum absolute atomic E-state index is 6.20. The molecular formula is C11H18ClN3O. The first kappa shape index (κ1) is 11.9. The van der Waals surface area contributed by atoms with Gasteiger partial charge < -0.3 is 10.1 Å². The van der Waals surface area contributed by atoms with Crippen LogP contribution in [0.1, 0.15) is 31.5 Å². The van der Waals surface area contributed by atoms with Crippen LogP contribution in [0.4, 0.5) is 0 Å². The fourth-order valence-corrected chi connectivity index (χ4v) is 2.56. The van der Waals surface area contributed by atoms with Crippen LogP contribution in [0.2, 0.25) is 5.02 Å². The zero-order valence-electron chi connectivity index (χ0n) is 9.74. The lowest BCUT2D eigenvalue weighted by atomic mass is 10.0. The molecule has 16 heavy (non-hydrogen) atoms. The number of rotatable bonds is 4. The number of halogens is 1. The first-order valence-corrected chi connectivity index (χ1v) is 6.15. The second-order valence-electron chi connectivity index (χ2n) is 4.01. The lowest BCUT2D eigenvalue weighted by Crippen LogP contribution is -2.31. The van der Waals surface area contributed by atoms with Crippen molar-refractivity contribution in [3.05, 3.63) is 16.9 Å². The fourth-order valence-electron chi connectivity index (χ4n) is 2.30. The van der Waals surface area contributed by atoms with Crippen molar-refractivity contribution in [2.24, 2.45) is 0 Å². The minimum Gasteiger partial charge on any atom is -0.376 e. The third-order valence-electron chi connectivity index (χ3n) is 3.08. The first-order chi connectivity index (χ1) is 7.77. The van der Waals surface area contributed by atoms with Crippen LogP contribution in [-0.4, -0.2) is 29.5 Å². The number of aryl methyl sites for hydroxylation is 1. The Morgan fingerprint density at radius 1 is 1.75 bits per heavy atom. The van der Waals surface area contributed by atoms with Gasteiger partial charge in [-0.25, -0.2) is 0 Å². The Labute approximate surface area is 101 Å². The molecule has 90 valence electrons. The van der Waals surface area contributed by atoms with E-state index >= 15 is 0 Å². The molecule has 1 aromatic heterocycles. The molecule has 0 aliphatic carbocycles. The molecule has 1 aliphatic heterocycles. The van der Waals surface area contributed by atoms with Gasteiger partial charge in [-0.3, -0.25) is 4.68 Å². The fraction of sp³-hybridized carbons (Fsp3) is 0.727. The Morgan fingerprint density at radius 3 is 3.12 bits per heavy atom. The molecule has 0 aromatic carbocycles. The summed E-state index contributed by atoms with van der Waals surface area (Å²) in [6.45, 7) is 3.74. The highest BCUT2D eigenvalue weighted by Gasteiger charge is 2.30. The van der Waals surface area contributed by atoms with Gasteiger partial charge in [0.1, 0.15) is 0 Å². The maximum atomic E-state index is 6.20. The van der Waals surface area contributed by atoms with Gasteiger partial charge in [0, 0.05) is 13.2 Å². The summed E-state index contributed by atoms with van der Waals surface area (Å²) >= 11 is 6.20. The third kappa shape index (κ3) is 2.10. The van der Waals surface area contributed by atoms with E-state index in [-0.39, 0.29) is 12.1 Å². The second kappa shape index (κ2) is 5.17. The van der Waals surface area contributed by atoms with Crippen molar-refractivity contribution in [2.45, 2.75) is 38.5 Å². The van der Waals surface area contributed by atoms with E-state index in [1.54, 1.807) is 6.20 Å². The van der Waals surface area contributed by atoms with E-state index in [0.717, 1.165) is 36.7 Å². The smallest absolute Gasteiger partial charge is 0.0835 e. The summed E-state index contributed by atoms with van der Waals surface area (Å²) in [6.07, 6.45) is 4.13. The SMILES string of the molecule is CCn1ncc(Cl)c1C(NC)C1CCCO1. The van der Waals surface area contributed by atoms with E-state index in [4.69, 9.17) is 16.3 Å². The Balaban J connectivity index is 2.27. The number of hydrogen-bond acceptors (Lipinski definition) is 3. The summed E-state index contributed by atoms with van der Waals surface area (Å²) in [7, 11) is 1.94. The summed E-state index contributed by atoms with van der Waals surface area (Å²) in [5, 5.41) is 8.27. The highest BCUT2D eigenvalue weighted by Crippen LogP contribution is 2.30. The molecule has 0 saturated carbocycles. The molecule has 0 radical (unpaired) electrons. The van der Waals surface area contributed by atoms with Gasteiger partial charge in [0.15, 0.2) is 0 Å². The normalized spacial score (nSPS) is 22.6. The highest BCUT2D eigenvalue weighted by atomic mass is 35.5. The molecule has 1 saturated heterocycles. The van der Waals surface area contributed by atoms with Crippen molar-refractivity contribution < 1.29 is 4.74 Å². The molecule has 0 spiro atoms. The van der Waals surface area contributed by atoms with Gasteiger partial charge in [-0.1, -0.05) is 11.6 Å². The van der Waals surface area contributed by atoms with Crippen LogP contribution < -0.4 is 5.32 Å². The largest absolute Gasteiger partial charge is 0.376 e. The molecule has 2 heterocycles. The number of nitrogens with zero attached hydrogens (tertiary/aromatic N) is 2. The molecule has 2 atom stereocenters. The molecule has 0 bridgehead atoms. The van der Waals surface area contributed by atoms with E-state index in [2.05, 4.69) is 17.3 Å². The zero-order valence-corrected chi connectivity index (χ0v) is 10.5. The van der Waals surface area contributed by atoms with Crippen molar-refractivity contribution in [1.82, 2.24) is 15.1 Å². The molecule has 2 rings (SSSR count). The summed E-state index contributed by atoms with van der Waals surface area (Å²) in [4.78, 5) is 0. The maximum Gasteiger partial charge on any atom is 0.0835 e. The monoisotopic (exact) mass is 243 g/mol. The Morgan fingerprint density at radius 2 is 2.56 bits per heavy atom. The highest BCUT2D eigenvalue weighted by molar-refractivity contribution is 6.31. The Kier molecular flexibility index (Phi) is 3.84. The van der Waals surface area contributed by atoms with Gasteiger partial charge in [0.2, 0.25) is 0 Å². The summed E-state index contributed by atoms with van der Waals surface area (Å²) in [5.74, 6) is 0. The van der Waals surface area contributed by atoms with E-state index < -0.39 is 0 Å². The molecule has 1 N–H and O–H groups in total. The molecule has 1 fully saturated rings. The predicted octanol–water partition coefficient (Wildman–Crippen LogP) is 2.00. The van der Waals surface area contributed by atoms with Crippen LogP contribution >= 0.6 is 11.6 Å². The van der Waals surface area contributed by atoms with Crippen molar-refractivity contribution in [1.29, 1.82) is 0 Å². The van der Waals surface area contributed by atoms with Gasteiger partial charge in [0.25, 0.3) is 0 Å². The lowest BCUT2D eigenvalue weighted by molar-refractivity contribution is 0.0780. The molecular weight excluding hydrogens is 226 g/mol. The van der Waals surface area contributed by atoms with Crippen LogP contribution in [0.15, 0.2) is 6.20 Å². The van der Waals surface area contributed by atoms with Crippen LogP contribution in [0.25, 0.3) is 0 Å². The third-order valence-corrected chi connectivity index (χ3v) is 3.37. The first-order valence-electron chi connectivity index (χ1n) is 5.78. The zero-order chi connectivity index (χ0) is 11.5. The number of ether oxygens (including phenoxy) is 1. The average molecular weight is 244 g/mol. The molecule has 4 nitrogen and oxygen atoms in total. The lowest BCUT2D eigenvalue weighted by Gasteiger charge is -2.23. The Hall–Kier alpha value is -0.580. The summed E-state index contributed by atoms with van der Waals surface area (Å²) in [5.41, 5.74) is 1.04. The van der Waals surface area contributed by atoms with E-state index in [9.17, 15) is 0 Å². The van der Waals surface area contributed by atoms with E-state index in [1.807, 2.05) is 11.7 Å². The van der Waals surface area contributed by atoms with Gasteiger partial charge in [-0.2, -0.15) is 5.10 Å². The van der Waals surface area contributed by atoms with E-state index in [0.29, 0.717) is 0 Å². The van der Waals surface area contributed by atoms with Crippen molar-refractivity contribution in [2.75, 3.05) is 13.7 Å². The summed E-state index contributed by atoms with van der Waals surface area (Å²) in [6, 6.07) is 0.137. The van der Waals surface area contributed by atoms with Crippen molar-refractivity contribution in [3.63, 3.8) is 0 Å². The summed E-state index contributed by atoms with van der Waals surface area (Å²) < 4.78 is 7.66. The van der Waals surface area contributed by atoms with Crippen molar-refractivity contribution in [3.8, 4) is 0 Å². The Bertz CT molecular complexity index is 347.